The maximum atomic E-state index is 11.2. The number of carbonyl (C=O) groups excluding carboxylic acids is 1. The Kier molecular flexibility index (Phi) is 4.61. The van der Waals surface area contributed by atoms with Crippen LogP contribution in [0.5, 0.6) is 0 Å². The number of ether oxygens (including phenoxy) is 1. The van der Waals surface area contributed by atoms with Gasteiger partial charge < -0.3 is 4.74 Å². The van der Waals surface area contributed by atoms with E-state index in [1.165, 1.54) is 12.1 Å². The van der Waals surface area contributed by atoms with Crippen molar-refractivity contribution < 1.29 is 14.5 Å². The van der Waals surface area contributed by atoms with Gasteiger partial charge in [-0.2, -0.15) is 0 Å². The number of anilines is 1. The summed E-state index contributed by atoms with van der Waals surface area (Å²) in [6, 6.07) is 2.67. The lowest BCUT2D eigenvalue weighted by Crippen LogP contribution is -2.27. The quantitative estimate of drug-likeness (QED) is 0.336. The molecule has 0 saturated carbocycles. The van der Waals surface area contributed by atoms with E-state index in [0.717, 1.165) is 6.20 Å². The molecule has 1 heterocycles. The number of aromatic nitrogens is 1. The number of pyridine rings is 1. The minimum absolute atomic E-state index is 0.0111. The van der Waals surface area contributed by atoms with Crippen molar-refractivity contribution >= 4 is 17.5 Å². The van der Waals surface area contributed by atoms with Gasteiger partial charge in [0, 0.05) is 6.07 Å². The molecule has 0 spiro atoms. The molecule has 0 aliphatic carbocycles. The van der Waals surface area contributed by atoms with E-state index in [1.54, 1.807) is 6.92 Å². The maximum absolute atomic E-state index is 11.2. The molecule has 0 fully saturated rings. The standard InChI is InChI=1S/C10H12N4O4/c1-3-18-10(15)7(2)12-13-9-5-4-8(6-11-9)14(16)17/h4-6,12H,2-3H2,1H3,(H,11,13). The van der Waals surface area contributed by atoms with Gasteiger partial charge in [-0.15, -0.1) is 0 Å². The van der Waals surface area contributed by atoms with Crippen molar-refractivity contribution in [3.05, 3.63) is 40.7 Å². The number of nitrogens with zero attached hydrogens (tertiary/aromatic N) is 2. The lowest BCUT2D eigenvalue weighted by Gasteiger charge is -2.09. The molecule has 8 heteroatoms. The highest BCUT2D eigenvalue weighted by Gasteiger charge is 2.08. The van der Waals surface area contributed by atoms with Crippen molar-refractivity contribution in [1.82, 2.24) is 10.4 Å². The molecule has 1 aromatic rings. The van der Waals surface area contributed by atoms with Gasteiger partial charge in [0.25, 0.3) is 5.69 Å². The second-order valence-electron chi connectivity index (χ2n) is 3.11. The van der Waals surface area contributed by atoms with Gasteiger partial charge in [0.2, 0.25) is 0 Å². The summed E-state index contributed by atoms with van der Waals surface area (Å²) in [4.78, 5) is 24.8. The molecule has 0 aromatic carbocycles. The summed E-state index contributed by atoms with van der Waals surface area (Å²) in [5.41, 5.74) is 4.94. The molecular weight excluding hydrogens is 240 g/mol. The first kappa shape index (κ1) is 13.4. The van der Waals surface area contributed by atoms with Crippen LogP contribution in [0.25, 0.3) is 0 Å². The molecule has 0 saturated heterocycles. The van der Waals surface area contributed by atoms with E-state index in [4.69, 9.17) is 4.74 Å². The van der Waals surface area contributed by atoms with Gasteiger partial charge >= 0.3 is 5.97 Å². The molecule has 0 atom stereocenters. The topological polar surface area (TPSA) is 106 Å². The number of esters is 1. The summed E-state index contributed by atoms with van der Waals surface area (Å²) >= 11 is 0. The third-order valence-electron chi connectivity index (χ3n) is 1.82. The summed E-state index contributed by atoms with van der Waals surface area (Å²) in [5.74, 6) is -0.280. The lowest BCUT2D eigenvalue weighted by atomic mass is 10.4. The predicted molar refractivity (Wildman–Crippen MR) is 63.4 cm³/mol. The Morgan fingerprint density at radius 1 is 1.61 bits per heavy atom. The van der Waals surface area contributed by atoms with Crippen molar-refractivity contribution in [1.29, 1.82) is 0 Å². The summed E-state index contributed by atoms with van der Waals surface area (Å²) in [6.45, 7) is 5.37. The van der Waals surface area contributed by atoms with Crippen LogP contribution in [-0.2, 0) is 9.53 Å². The van der Waals surface area contributed by atoms with Crippen LogP contribution < -0.4 is 10.9 Å². The SMILES string of the molecule is C=C(NNc1ccc([N+](=O)[O-])cn1)C(=O)OCC. The van der Waals surface area contributed by atoms with Crippen LogP contribution in [0.15, 0.2) is 30.6 Å². The fourth-order valence-corrected chi connectivity index (χ4v) is 0.977. The van der Waals surface area contributed by atoms with Gasteiger partial charge in [-0.3, -0.25) is 21.0 Å². The number of nitrogens with one attached hydrogen (secondary N) is 2. The average molecular weight is 252 g/mol. The first-order valence-corrected chi connectivity index (χ1v) is 5.03. The zero-order chi connectivity index (χ0) is 13.5. The normalized spacial score (nSPS) is 9.39. The molecule has 1 aromatic heterocycles. The number of hydrogen-bond acceptors (Lipinski definition) is 7. The molecular formula is C10H12N4O4. The van der Waals surface area contributed by atoms with Crippen LogP contribution in [-0.4, -0.2) is 22.5 Å². The van der Waals surface area contributed by atoms with Gasteiger partial charge in [0.05, 0.1) is 11.5 Å². The smallest absolute Gasteiger partial charge is 0.355 e. The zero-order valence-corrected chi connectivity index (χ0v) is 9.67. The van der Waals surface area contributed by atoms with E-state index in [0.29, 0.717) is 5.82 Å². The largest absolute Gasteiger partial charge is 0.461 e. The fourth-order valence-electron chi connectivity index (χ4n) is 0.977. The van der Waals surface area contributed by atoms with E-state index in [-0.39, 0.29) is 18.0 Å². The van der Waals surface area contributed by atoms with E-state index in [1.807, 2.05) is 0 Å². The average Bonchev–Trinajstić information content (AvgIpc) is 2.36. The lowest BCUT2D eigenvalue weighted by molar-refractivity contribution is -0.385. The number of hydrazine groups is 1. The number of carbonyl (C=O) groups is 1. The van der Waals surface area contributed by atoms with Gasteiger partial charge in [-0.05, 0) is 13.0 Å². The van der Waals surface area contributed by atoms with Crippen molar-refractivity contribution in [3.63, 3.8) is 0 Å². The monoisotopic (exact) mass is 252 g/mol. The Balaban J connectivity index is 2.51. The Bertz CT molecular complexity index is 457. The number of nitro groups is 1. The van der Waals surface area contributed by atoms with Gasteiger partial charge in [-0.25, -0.2) is 9.78 Å². The highest BCUT2D eigenvalue weighted by Crippen LogP contribution is 2.11. The summed E-state index contributed by atoms with van der Waals surface area (Å²) < 4.78 is 4.69. The van der Waals surface area contributed by atoms with E-state index in [9.17, 15) is 14.9 Å². The summed E-state index contributed by atoms with van der Waals surface area (Å²) in [7, 11) is 0. The Morgan fingerprint density at radius 2 is 2.33 bits per heavy atom. The minimum Gasteiger partial charge on any atom is -0.461 e. The highest BCUT2D eigenvalue weighted by molar-refractivity contribution is 5.87. The van der Waals surface area contributed by atoms with E-state index < -0.39 is 10.9 Å². The van der Waals surface area contributed by atoms with E-state index >= 15 is 0 Å². The van der Waals surface area contributed by atoms with Crippen molar-refractivity contribution in [2.24, 2.45) is 0 Å². The third-order valence-corrected chi connectivity index (χ3v) is 1.82. The molecule has 1 rings (SSSR count). The molecule has 0 amide bonds. The second-order valence-corrected chi connectivity index (χ2v) is 3.11. The molecule has 0 unspecified atom stereocenters. The molecule has 18 heavy (non-hydrogen) atoms. The first-order valence-electron chi connectivity index (χ1n) is 5.03. The summed E-state index contributed by atoms with van der Waals surface area (Å²) in [5, 5.41) is 10.4. The van der Waals surface area contributed by atoms with Crippen LogP contribution in [0.2, 0.25) is 0 Å². The molecule has 0 radical (unpaired) electrons. The van der Waals surface area contributed by atoms with Crippen LogP contribution in [0.1, 0.15) is 6.92 Å². The highest BCUT2D eigenvalue weighted by atomic mass is 16.6. The molecule has 0 bridgehead atoms. The molecule has 0 aliphatic heterocycles. The predicted octanol–water partition coefficient (Wildman–Crippen LogP) is 0.983. The first-order chi connectivity index (χ1) is 8.54. The zero-order valence-electron chi connectivity index (χ0n) is 9.67. The minimum atomic E-state index is -0.591. The Morgan fingerprint density at radius 3 is 2.83 bits per heavy atom. The molecule has 8 nitrogen and oxygen atoms in total. The van der Waals surface area contributed by atoms with Gasteiger partial charge in [-0.1, -0.05) is 6.58 Å². The van der Waals surface area contributed by atoms with Crippen molar-refractivity contribution in [3.8, 4) is 0 Å². The number of rotatable bonds is 6. The Labute approximate surface area is 103 Å². The van der Waals surface area contributed by atoms with Gasteiger partial charge in [0.15, 0.2) is 0 Å². The summed E-state index contributed by atoms with van der Waals surface area (Å²) in [6.07, 6.45) is 1.09. The number of hydrogen-bond donors (Lipinski definition) is 2. The molecule has 2 N–H and O–H groups in total. The second kappa shape index (κ2) is 6.18. The van der Waals surface area contributed by atoms with Crippen molar-refractivity contribution in [2.75, 3.05) is 12.0 Å². The Hall–Kier alpha value is -2.64. The third kappa shape index (κ3) is 3.74. The van der Waals surface area contributed by atoms with Gasteiger partial charge in [0.1, 0.15) is 17.7 Å². The fraction of sp³-hybridized carbons (Fsp3) is 0.200. The molecule has 0 aliphatic rings. The molecule has 96 valence electrons. The van der Waals surface area contributed by atoms with Crippen LogP contribution in [0.3, 0.4) is 0 Å². The van der Waals surface area contributed by atoms with Crippen LogP contribution in [0.4, 0.5) is 11.5 Å². The van der Waals surface area contributed by atoms with Crippen molar-refractivity contribution in [2.45, 2.75) is 6.92 Å². The maximum Gasteiger partial charge on any atom is 0.355 e. The van der Waals surface area contributed by atoms with Crippen LogP contribution in [0, 0.1) is 10.1 Å². The van der Waals surface area contributed by atoms with E-state index in [2.05, 4.69) is 22.4 Å². The van der Waals surface area contributed by atoms with Crippen LogP contribution >= 0.6 is 0 Å².